The number of esters is 1. The van der Waals surface area contributed by atoms with E-state index < -0.39 is 24.6 Å². The van der Waals surface area contributed by atoms with Gasteiger partial charge in [-0.1, -0.05) is 29.8 Å². The number of hydrogen-bond donors (Lipinski definition) is 1. The van der Waals surface area contributed by atoms with Gasteiger partial charge in [0.05, 0.1) is 10.7 Å². The number of aryl methyl sites for hydroxylation is 1. The van der Waals surface area contributed by atoms with Crippen LogP contribution in [0.2, 0.25) is 5.02 Å². The quantitative estimate of drug-likeness (QED) is 0.847. The Morgan fingerprint density at radius 3 is 2.76 bits per heavy atom. The van der Waals surface area contributed by atoms with Crippen molar-refractivity contribution in [1.82, 2.24) is 0 Å². The summed E-state index contributed by atoms with van der Waals surface area (Å²) in [6, 6.07) is 12.3. The molecule has 7 heteroatoms. The van der Waals surface area contributed by atoms with E-state index in [0.29, 0.717) is 22.2 Å². The second-order valence-corrected chi connectivity index (χ2v) is 5.91. The second kappa shape index (κ2) is 7.44. The van der Waals surface area contributed by atoms with Gasteiger partial charge in [-0.2, -0.15) is 0 Å². The maximum absolute atomic E-state index is 12.0. The second-order valence-electron chi connectivity index (χ2n) is 5.50. The van der Waals surface area contributed by atoms with E-state index >= 15 is 0 Å². The van der Waals surface area contributed by atoms with Crippen LogP contribution in [0.3, 0.4) is 0 Å². The lowest BCUT2D eigenvalue weighted by Crippen LogP contribution is -2.39. The highest BCUT2D eigenvalue weighted by atomic mass is 35.5. The van der Waals surface area contributed by atoms with Gasteiger partial charge in [0.1, 0.15) is 6.61 Å². The molecule has 2 aromatic carbocycles. The molecule has 1 atom stereocenters. The third-order valence-corrected chi connectivity index (χ3v) is 3.83. The Kier molecular flexibility index (Phi) is 5.09. The Morgan fingerprint density at radius 1 is 1.24 bits per heavy atom. The lowest BCUT2D eigenvalue weighted by Gasteiger charge is -2.24. The highest BCUT2D eigenvalue weighted by Gasteiger charge is 2.29. The van der Waals surface area contributed by atoms with Crippen LogP contribution in [0.25, 0.3) is 0 Å². The van der Waals surface area contributed by atoms with Gasteiger partial charge < -0.3 is 19.5 Å². The molecular weight excluding hydrogens is 346 g/mol. The fourth-order valence-corrected chi connectivity index (χ4v) is 2.56. The minimum atomic E-state index is -0.911. The normalized spacial score (nSPS) is 15.4. The number of nitrogens with one attached hydrogen (secondary N) is 1. The van der Waals surface area contributed by atoms with Gasteiger partial charge in [0.2, 0.25) is 6.10 Å². The Bertz CT molecular complexity index is 808. The van der Waals surface area contributed by atoms with E-state index in [1.807, 2.05) is 13.0 Å². The van der Waals surface area contributed by atoms with Crippen LogP contribution in [0.15, 0.2) is 42.5 Å². The fourth-order valence-electron chi connectivity index (χ4n) is 2.27. The number of ether oxygens (including phenoxy) is 3. The average molecular weight is 362 g/mol. The molecule has 0 saturated heterocycles. The molecule has 0 aliphatic carbocycles. The molecule has 0 aromatic heterocycles. The van der Waals surface area contributed by atoms with Gasteiger partial charge in [-0.15, -0.1) is 0 Å². The summed E-state index contributed by atoms with van der Waals surface area (Å²) in [4.78, 5) is 24.0. The van der Waals surface area contributed by atoms with Crippen molar-refractivity contribution >= 4 is 29.2 Å². The van der Waals surface area contributed by atoms with Gasteiger partial charge >= 0.3 is 5.97 Å². The highest BCUT2D eigenvalue weighted by molar-refractivity contribution is 6.33. The molecule has 3 rings (SSSR count). The van der Waals surface area contributed by atoms with E-state index in [2.05, 4.69) is 5.32 Å². The van der Waals surface area contributed by atoms with Gasteiger partial charge in [-0.25, -0.2) is 4.79 Å². The van der Waals surface area contributed by atoms with Crippen molar-refractivity contribution in [2.24, 2.45) is 0 Å². The first-order chi connectivity index (χ1) is 12.0. The number of anilines is 1. The summed E-state index contributed by atoms with van der Waals surface area (Å²) >= 11 is 6.05. The number of carbonyl (C=O) groups is 2. The molecule has 1 aliphatic rings. The summed E-state index contributed by atoms with van der Waals surface area (Å²) in [5.41, 5.74) is 1.43. The van der Waals surface area contributed by atoms with Crippen LogP contribution >= 0.6 is 11.6 Å². The molecule has 6 nitrogen and oxygen atoms in total. The molecule has 0 bridgehead atoms. The van der Waals surface area contributed by atoms with E-state index in [4.69, 9.17) is 25.8 Å². The standard InChI is InChI=1S/C18H16ClNO5/c1-11-6-7-13(12(19)8-11)20-17(21)10-24-18(22)16-9-23-14-4-2-3-5-15(14)25-16/h2-8,16H,9-10H2,1H3,(H,20,21)/t16-/m1/s1. The monoisotopic (exact) mass is 361 g/mol. The largest absolute Gasteiger partial charge is 0.485 e. The number of benzene rings is 2. The van der Waals surface area contributed by atoms with Gasteiger partial charge in [0.15, 0.2) is 18.1 Å². The molecule has 2 aromatic rings. The molecule has 0 saturated carbocycles. The summed E-state index contributed by atoms with van der Waals surface area (Å²) in [6.07, 6.45) is -0.911. The van der Waals surface area contributed by atoms with Crippen LogP contribution in [-0.4, -0.2) is 31.2 Å². The van der Waals surface area contributed by atoms with Crippen molar-refractivity contribution in [1.29, 1.82) is 0 Å². The number of para-hydroxylation sites is 2. The maximum Gasteiger partial charge on any atom is 0.351 e. The average Bonchev–Trinajstić information content (AvgIpc) is 2.61. The van der Waals surface area contributed by atoms with Crippen molar-refractivity contribution in [3.63, 3.8) is 0 Å². The van der Waals surface area contributed by atoms with Crippen LogP contribution in [-0.2, 0) is 14.3 Å². The van der Waals surface area contributed by atoms with Crippen molar-refractivity contribution in [3.8, 4) is 11.5 Å². The molecule has 0 radical (unpaired) electrons. The SMILES string of the molecule is Cc1ccc(NC(=O)COC(=O)[C@H]2COc3ccccc3O2)c(Cl)c1. The first-order valence-corrected chi connectivity index (χ1v) is 8.02. The molecule has 25 heavy (non-hydrogen) atoms. The maximum atomic E-state index is 12.0. The zero-order valence-electron chi connectivity index (χ0n) is 13.5. The molecule has 1 heterocycles. The van der Waals surface area contributed by atoms with Gasteiger partial charge in [-0.05, 0) is 36.8 Å². The minimum absolute atomic E-state index is 0.0290. The molecule has 130 valence electrons. The Morgan fingerprint density at radius 2 is 2.00 bits per heavy atom. The molecule has 0 unspecified atom stereocenters. The highest BCUT2D eigenvalue weighted by Crippen LogP contribution is 2.31. The van der Waals surface area contributed by atoms with Crippen molar-refractivity contribution in [3.05, 3.63) is 53.1 Å². The Hall–Kier alpha value is -2.73. The smallest absolute Gasteiger partial charge is 0.351 e. The zero-order valence-corrected chi connectivity index (χ0v) is 14.2. The van der Waals surface area contributed by atoms with Crippen molar-refractivity contribution in [2.45, 2.75) is 13.0 Å². The van der Waals surface area contributed by atoms with Gasteiger partial charge in [0.25, 0.3) is 5.91 Å². The fraction of sp³-hybridized carbons (Fsp3) is 0.222. The summed E-state index contributed by atoms with van der Waals surface area (Å²) in [5, 5.41) is 3.01. The van der Waals surface area contributed by atoms with E-state index in [-0.39, 0.29) is 6.61 Å². The molecule has 1 aliphatic heterocycles. The molecule has 1 N–H and O–H groups in total. The summed E-state index contributed by atoms with van der Waals surface area (Å²) in [5.74, 6) is -0.124. The molecular formula is C18H16ClNO5. The molecule has 0 spiro atoms. The lowest BCUT2D eigenvalue weighted by atomic mass is 10.2. The van der Waals surface area contributed by atoms with Crippen LogP contribution in [0.5, 0.6) is 11.5 Å². The number of fused-ring (bicyclic) bond motifs is 1. The third-order valence-electron chi connectivity index (χ3n) is 3.52. The minimum Gasteiger partial charge on any atom is -0.485 e. The summed E-state index contributed by atoms with van der Waals surface area (Å²) in [7, 11) is 0. The molecule has 1 amide bonds. The Balaban J connectivity index is 1.51. The summed E-state index contributed by atoms with van der Waals surface area (Å²) in [6.45, 7) is 1.48. The number of hydrogen-bond acceptors (Lipinski definition) is 5. The number of carbonyl (C=O) groups excluding carboxylic acids is 2. The van der Waals surface area contributed by atoms with Crippen LogP contribution < -0.4 is 14.8 Å². The van der Waals surface area contributed by atoms with Gasteiger partial charge in [-0.3, -0.25) is 4.79 Å². The lowest BCUT2D eigenvalue weighted by molar-refractivity contribution is -0.156. The first-order valence-electron chi connectivity index (χ1n) is 7.64. The molecule has 0 fully saturated rings. The van der Waals surface area contributed by atoms with E-state index in [1.54, 1.807) is 36.4 Å². The van der Waals surface area contributed by atoms with Crippen LogP contribution in [0.1, 0.15) is 5.56 Å². The number of rotatable bonds is 4. The van der Waals surface area contributed by atoms with E-state index in [9.17, 15) is 9.59 Å². The predicted octanol–water partition coefficient (Wildman–Crippen LogP) is 2.97. The van der Waals surface area contributed by atoms with E-state index in [0.717, 1.165) is 5.56 Å². The van der Waals surface area contributed by atoms with Gasteiger partial charge in [0, 0.05) is 0 Å². The first kappa shape index (κ1) is 17.1. The van der Waals surface area contributed by atoms with Crippen molar-refractivity contribution in [2.75, 3.05) is 18.5 Å². The number of amides is 1. The topological polar surface area (TPSA) is 73.9 Å². The van der Waals surface area contributed by atoms with E-state index in [1.165, 1.54) is 0 Å². The zero-order chi connectivity index (χ0) is 17.8. The van der Waals surface area contributed by atoms with Crippen LogP contribution in [0.4, 0.5) is 5.69 Å². The van der Waals surface area contributed by atoms with Crippen LogP contribution in [0, 0.1) is 6.92 Å². The predicted molar refractivity (Wildman–Crippen MR) is 92.1 cm³/mol. The Labute approximate surface area is 149 Å². The number of halogens is 1. The third kappa shape index (κ3) is 4.22. The van der Waals surface area contributed by atoms with Crippen molar-refractivity contribution < 1.29 is 23.8 Å². The summed E-state index contributed by atoms with van der Waals surface area (Å²) < 4.78 is 16.0.